The van der Waals surface area contributed by atoms with Gasteiger partial charge in [0, 0.05) is 25.0 Å². The average molecular weight is 636 g/mol. The van der Waals surface area contributed by atoms with Gasteiger partial charge in [-0.15, -0.1) is 12.4 Å². The van der Waals surface area contributed by atoms with Crippen molar-refractivity contribution in [2.45, 2.75) is 174 Å². The number of aromatic nitrogens is 1. The van der Waals surface area contributed by atoms with Gasteiger partial charge in [-0.25, -0.2) is 4.57 Å². The summed E-state index contributed by atoms with van der Waals surface area (Å²) in [6, 6.07) is 6.31. The molecule has 0 unspecified atom stereocenters. The third kappa shape index (κ3) is 37.6. The molecule has 0 saturated carbocycles. The summed E-state index contributed by atoms with van der Waals surface area (Å²) in [5, 5.41) is 2.65. The van der Waals surface area contributed by atoms with Crippen LogP contribution in [0.5, 0.6) is 0 Å². The maximum atomic E-state index is 11.3. The number of esters is 2. The van der Waals surface area contributed by atoms with E-state index in [4.69, 9.17) is 0 Å². The minimum atomic E-state index is -0.497. The Labute approximate surface area is 295 Å². The van der Waals surface area contributed by atoms with Gasteiger partial charge in [0.05, 0.1) is 6.54 Å². The van der Waals surface area contributed by atoms with Crippen molar-refractivity contribution in [3.8, 4) is 0 Å². The molecule has 0 fully saturated rings. The Hall–Kier alpha value is -0.460. The summed E-state index contributed by atoms with van der Waals surface area (Å²) in [6.45, 7) is 5.78. The summed E-state index contributed by atoms with van der Waals surface area (Å²) < 4.78 is 6.91. The number of ether oxygens (including phenoxy) is 1. The molecule has 0 aliphatic carbocycles. The summed E-state index contributed by atoms with van der Waals surface area (Å²) >= 11 is 0. The minimum absolute atomic E-state index is 0. The van der Waals surface area contributed by atoms with Crippen LogP contribution in [0.3, 0.4) is 0 Å². The number of hydrogen-bond acceptors (Lipinski definition) is 4. The Morgan fingerprint density at radius 1 is 0.558 bits per heavy atom. The van der Waals surface area contributed by atoms with Crippen LogP contribution in [0.2, 0.25) is 0 Å². The molecule has 1 aromatic heterocycles. The van der Waals surface area contributed by atoms with Crippen molar-refractivity contribution in [1.82, 2.24) is 5.32 Å². The third-order valence-corrected chi connectivity index (χ3v) is 7.58. The number of nitrogens with one attached hydrogen (secondary N) is 1. The molecule has 0 saturated heterocycles. The number of nitrogens with zero attached hydrogens (tertiary/aromatic N) is 1. The van der Waals surface area contributed by atoms with Crippen LogP contribution in [0.1, 0.15) is 168 Å². The molecule has 248 valence electrons. The van der Waals surface area contributed by atoms with E-state index in [0.717, 1.165) is 12.8 Å². The molecule has 5 nitrogen and oxygen atoms in total. The molecule has 1 rings (SSSR count). The summed E-state index contributed by atoms with van der Waals surface area (Å²) in [6.07, 6.45) is 35.7. The van der Waals surface area contributed by atoms with Crippen molar-refractivity contribution in [2.75, 3.05) is 13.6 Å². The first kappa shape index (κ1) is 47.0. The summed E-state index contributed by atoms with van der Waals surface area (Å²) in [4.78, 5) is 22.3. The number of unbranched alkanes of at least 4 members (excludes halogenated alkanes) is 21. The predicted molar refractivity (Wildman–Crippen MR) is 188 cm³/mol. The fourth-order valence-corrected chi connectivity index (χ4v) is 5.01. The number of carbonyl (C=O) groups is 2. The molecule has 0 aliphatic rings. The fourth-order valence-electron chi connectivity index (χ4n) is 5.01. The van der Waals surface area contributed by atoms with Crippen molar-refractivity contribution in [1.29, 1.82) is 0 Å². The van der Waals surface area contributed by atoms with Crippen LogP contribution in [-0.2, 0) is 20.9 Å². The van der Waals surface area contributed by atoms with Gasteiger partial charge < -0.3 is 10.1 Å². The second-order valence-corrected chi connectivity index (χ2v) is 11.7. The van der Waals surface area contributed by atoms with E-state index in [2.05, 4.69) is 59.1 Å². The number of aryl methyl sites for hydroxylation is 1. The maximum absolute atomic E-state index is 11.3. The zero-order valence-electron chi connectivity index (χ0n) is 27.9. The molecule has 0 spiro atoms. The molecule has 0 atom stereocenters. The first-order valence-corrected chi connectivity index (χ1v) is 17.5. The normalized spacial score (nSPS) is 10.2. The van der Waals surface area contributed by atoms with Crippen molar-refractivity contribution in [3.63, 3.8) is 0 Å². The molecule has 0 bridgehead atoms. The van der Waals surface area contributed by atoms with Gasteiger partial charge in [-0.2, -0.15) is 0 Å². The molecule has 0 aliphatic heterocycles. The van der Waals surface area contributed by atoms with Crippen molar-refractivity contribution in [2.24, 2.45) is 0 Å². The molecule has 1 N–H and O–H groups in total. The zero-order valence-corrected chi connectivity index (χ0v) is 28.7. The third-order valence-electron chi connectivity index (χ3n) is 7.58. The number of rotatable bonds is 27. The van der Waals surface area contributed by atoms with Gasteiger partial charge in [-0.05, 0) is 19.9 Å². The van der Waals surface area contributed by atoms with Crippen LogP contribution in [0.15, 0.2) is 30.6 Å². The molecule has 0 radical (unpaired) electrons. The molecule has 0 aromatic carbocycles. The van der Waals surface area contributed by atoms with E-state index < -0.39 is 11.9 Å². The standard InChI is InChI=1S/C21H38N.C15H29NO3.ClH.Na.H/c1-2-3-4-5-6-7-8-9-10-11-12-13-14-16-19-22-20-17-15-18-21-22;1-3-4-5-6-7-8-9-10-11-12-14(17)19-15(18)13-16-2;;;/h15,17-18,20-21H,2-14,16,19H2,1H3;16H,3-13H2,1-2H3;1H;;/q+1;;;;. The van der Waals surface area contributed by atoms with Crippen LogP contribution >= 0.6 is 12.4 Å². The van der Waals surface area contributed by atoms with Gasteiger partial charge in [-0.1, -0.05) is 148 Å². The van der Waals surface area contributed by atoms with Gasteiger partial charge in [-0.3, -0.25) is 9.59 Å². The number of likely N-dealkylation sites (N-methyl/N-ethyl adjacent to an activating group) is 1. The van der Waals surface area contributed by atoms with Gasteiger partial charge in [0.1, 0.15) is 6.54 Å². The van der Waals surface area contributed by atoms with E-state index in [9.17, 15) is 9.59 Å². The monoisotopic (exact) mass is 635 g/mol. The van der Waals surface area contributed by atoms with Crippen LogP contribution in [0.25, 0.3) is 0 Å². The van der Waals surface area contributed by atoms with Crippen molar-refractivity contribution >= 4 is 53.9 Å². The molecule has 0 amide bonds. The van der Waals surface area contributed by atoms with Gasteiger partial charge in [0.15, 0.2) is 12.4 Å². The zero-order chi connectivity index (χ0) is 30.1. The molecule has 7 heteroatoms. The quantitative estimate of drug-likeness (QED) is 0.0344. The molecular formula is C36H69ClN2NaO3+. The Bertz CT molecular complexity index is 694. The number of carbonyl (C=O) groups excluding carboxylic acids is 2. The summed E-state index contributed by atoms with van der Waals surface area (Å²) in [5.74, 6) is -0.897. The first-order chi connectivity index (χ1) is 20.1. The Morgan fingerprint density at radius 2 is 0.930 bits per heavy atom. The Morgan fingerprint density at radius 3 is 1.33 bits per heavy atom. The van der Waals surface area contributed by atoms with Gasteiger partial charge in [0.25, 0.3) is 0 Å². The van der Waals surface area contributed by atoms with Crippen LogP contribution in [0, 0.1) is 0 Å². The summed E-state index contributed by atoms with van der Waals surface area (Å²) in [7, 11) is 1.65. The first-order valence-electron chi connectivity index (χ1n) is 17.5. The predicted octanol–water partition coefficient (Wildman–Crippen LogP) is 9.43. The molecular weight excluding hydrogens is 567 g/mol. The van der Waals surface area contributed by atoms with Gasteiger partial charge >= 0.3 is 41.5 Å². The number of hydrogen-bond donors (Lipinski definition) is 1. The Kier molecular flexibility index (Phi) is 43.2. The average Bonchev–Trinajstić information content (AvgIpc) is 2.97. The van der Waals surface area contributed by atoms with Crippen LogP contribution < -0.4 is 9.88 Å². The number of pyridine rings is 1. The van der Waals surface area contributed by atoms with Gasteiger partial charge in [0.2, 0.25) is 0 Å². The van der Waals surface area contributed by atoms with Crippen LogP contribution in [0.4, 0.5) is 0 Å². The van der Waals surface area contributed by atoms with E-state index in [1.807, 2.05) is 0 Å². The SMILES string of the molecule is CCCCCCCCCCCC(=O)OC(=O)CNC.CCCCCCCCCCCCCCCC[n+]1ccccc1.Cl.[NaH]. The van der Waals surface area contributed by atoms with E-state index in [-0.39, 0.29) is 48.5 Å². The van der Waals surface area contributed by atoms with Crippen LogP contribution in [-0.4, -0.2) is 55.1 Å². The molecule has 1 heterocycles. The summed E-state index contributed by atoms with van der Waals surface area (Å²) in [5.41, 5.74) is 0. The van der Waals surface area contributed by atoms with E-state index in [1.54, 1.807) is 7.05 Å². The molecule has 43 heavy (non-hydrogen) atoms. The fraction of sp³-hybridized carbons (Fsp3) is 0.806. The van der Waals surface area contributed by atoms with E-state index >= 15 is 0 Å². The second-order valence-electron chi connectivity index (χ2n) is 11.7. The van der Waals surface area contributed by atoms with Crippen molar-refractivity contribution < 1.29 is 18.9 Å². The topological polar surface area (TPSA) is 59.3 Å². The second kappa shape index (κ2) is 39.6. The van der Waals surface area contributed by atoms with E-state index in [0.29, 0.717) is 6.42 Å². The van der Waals surface area contributed by atoms with E-state index in [1.165, 1.54) is 141 Å². The Balaban J connectivity index is -0.000000719. The molecule has 1 aromatic rings. The number of halogens is 1. The van der Waals surface area contributed by atoms with Crippen molar-refractivity contribution in [3.05, 3.63) is 30.6 Å².